The van der Waals surface area contributed by atoms with Gasteiger partial charge in [-0.2, -0.15) is 0 Å². The largest absolute Gasteiger partial charge is 0.463 e. The quantitative estimate of drug-likeness (QED) is 0.0453. The first-order chi connectivity index (χ1) is 28.4. The van der Waals surface area contributed by atoms with E-state index in [0.717, 1.165) is 74.5 Å². The molecule has 5 rings (SSSR count). The lowest BCUT2D eigenvalue weighted by Gasteiger charge is -2.58. The summed E-state index contributed by atoms with van der Waals surface area (Å²) in [6, 6.07) is 0. The number of fused-ring (bicyclic) bond motifs is 5. The molecule has 13 unspecified atom stereocenters. The smallest absolute Gasteiger partial charge is 0.305 e. The number of carbonyl (C=O) groups excluding carboxylic acids is 1. The molecule has 342 valence electrons. The predicted molar refractivity (Wildman–Crippen MR) is 240 cm³/mol. The topological polar surface area (TPSA) is 105 Å². The van der Waals surface area contributed by atoms with E-state index in [9.17, 15) is 20.1 Å². The van der Waals surface area contributed by atoms with Crippen LogP contribution in [0.15, 0.2) is 11.6 Å². The Bertz CT molecular complexity index is 1250. The highest BCUT2D eigenvalue weighted by atomic mass is 16.7. The van der Waals surface area contributed by atoms with Gasteiger partial charge in [-0.15, -0.1) is 0 Å². The lowest BCUT2D eigenvalue weighted by molar-refractivity contribution is -0.313. The van der Waals surface area contributed by atoms with E-state index in [4.69, 9.17) is 14.2 Å². The number of ether oxygens (including phenoxy) is 3. The summed E-state index contributed by atoms with van der Waals surface area (Å²) >= 11 is 0. The number of hydrogen-bond donors (Lipinski definition) is 3. The van der Waals surface area contributed by atoms with Crippen LogP contribution in [0.5, 0.6) is 0 Å². The molecule has 7 nitrogen and oxygen atoms in total. The Morgan fingerprint density at radius 2 is 1.37 bits per heavy atom. The molecule has 3 saturated carbocycles. The van der Waals surface area contributed by atoms with Crippen molar-refractivity contribution in [1.82, 2.24) is 0 Å². The third-order valence-electron chi connectivity index (χ3n) is 16.9. The van der Waals surface area contributed by atoms with Crippen molar-refractivity contribution in [2.75, 3.05) is 6.61 Å². The molecule has 0 bridgehead atoms. The number of allylic oxidation sites excluding steroid dienone is 1. The highest BCUT2D eigenvalue weighted by Crippen LogP contribution is 2.67. The minimum absolute atomic E-state index is 0.137. The van der Waals surface area contributed by atoms with Crippen LogP contribution in [-0.2, 0) is 19.0 Å². The lowest BCUT2D eigenvalue weighted by atomic mass is 9.47. The van der Waals surface area contributed by atoms with Gasteiger partial charge in [-0.25, -0.2) is 0 Å². The summed E-state index contributed by atoms with van der Waals surface area (Å²) in [6.45, 7) is 14.5. The van der Waals surface area contributed by atoms with Crippen LogP contribution in [0, 0.1) is 46.3 Å². The molecule has 0 aromatic carbocycles. The number of aliphatic hydroxyl groups excluding tert-OH is 3. The Morgan fingerprint density at radius 1 is 0.746 bits per heavy atom. The molecular formula is C52H92O7. The van der Waals surface area contributed by atoms with Gasteiger partial charge in [0, 0.05) is 6.42 Å². The second kappa shape index (κ2) is 24.2. The molecule has 0 amide bonds. The van der Waals surface area contributed by atoms with Gasteiger partial charge in [0.05, 0.1) is 6.10 Å². The van der Waals surface area contributed by atoms with Gasteiger partial charge >= 0.3 is 5.97 Å². The first kappa shape index (κ1) is 49.0. The molecule has 1 aliphatic heterocycles. The maximum absolute atomic E-state index is 12.6. The van der Waals surface area contributed by atoms with Crippen LogP contribution in [0.25, 0.3) is 0 Å². The van der Waals surface area contributed by atoms with E-state index in [2.05, 4.69) is 47.6 Å². The average molecular weight is 829 g/mol. The monoisotopic (exact) mass is 829 g/mol. The molecule has 0 radical (unpaired) electrons. The second-order valence-electron chi connectivity index (χ2n) is 21.5. The minimum Gasteiger partial charge on any atom is -0.463 e. The van der Waals surface area contributed by atoms with Crippen molar-refractivity contribution >= 4 is 5.97 Å². The molecule has 5 aliphatic rings. The molecule has 13 atom stereocenters. The highest BCUT2D eigenvalue weighted by Gasteiger charge is 2.59. The molecule has 1 heterocycles. The van der Waals surface area contributed by atoms with Crippen molar-refractivity contribution in [3.05, 3.63) is 11.6 Å². The highest BCUT2D eigenvalue weighted by molar-refractivity contribution is 5.69. The van der Waals surface area contributed by atoms with Crippen molar-refractivity contribution in [3.63, 3.8) is 0 Å². The molecule has 3 N–H and O–H groups in total. The summed E-state index contributed by atoms with van der Waals surface area (Å²) < 4.78 is 18.0. The summed E-state index contributed by atoms with van der Waals surface area (Å²) in [7, 11) is 0. The molecule has 0 spiro atoms. The predicted octanol–water partition coefficient (Wildman–Crippen LogP) is 12.4. The van der Waals surface area contributed by atoms with E-state index in [1.165, 1.54) is 134 Å². The maximum atomic E-state index is 12.6. The van der Waals surface area contributed by atoms with E-state index in [-0.39, 0.29) is 24.1 Å². The van der Waals surface area contributed by atoms with Gasteiger partial charge in [-0.1, -0.05) is 169 Å². The Morgan fingerprint density at radius 3 is 2.00 bits per heavy atom. The fourth-order valence-corrected chi connectivity index (χ4v) is 13.2. The van der Waals surface area contributed by atoms with Crippen LogP contribution in [0.1, 0.15) is 221 Å². The van der Waals surface area contributed by atoms with Gasteiger partial charge in [-0.05, 0) is 104 Å². The fourth-order valence-electron chi connectivity index (χ4n) is 13.2. The number of carbonyl (C=O) groups is 1. The Hall–Kier alpha value is -0.990. The fraction of sp³-hybridized carbons (Fsp3) is 0.942. The third-order valence-corrected chi connectivity index (χ3v) is 16.9. The first-order valence-electron chi connectivity index (χ1n) is 25.6. The maximum Gasteiger partial charge on any atom is 0.305 e. The second-order valence-corrected chi connectivity index (χ2v) is 21.5. The Kier molecular flexibility index (Phi) is 20.1. The van der Waals surface area contributed by atoms with Gasteiger partial charge in [0.25, 0.3) is 0 Å². The van der Waals surface area contributed by atoms with Crippen LogP contribution in [0.2, 0.25) is 0 Å². The van der Waals surface area contributed by atoms with Gasteiger partial charge in [0.15, 0.2) is 6.29 Å². The van der Waals surface area contributed by atoms with Crippen molar-refractivity contribution in [1.29, 1.82) is 0 Å². The molecule has 0 aromatic heterocycles. The zero-order valence-electron chi connectivity index (χ0n) is 39.0. The van der Waals surface area contributed by atoms with E-state index in [1.807, 2.05) is 0 Å². The summed E-state index contributed by atoms with van der Waals surface area (Å²) in [5.41, 5.74) is 2.15. The van der Waals surface area contributed by atoms with Crippen molar-refractivity contribution < 1.29 is 34.3 Å². The third kappa shape index (κ3) is 13.3. The number of aliphatic hydroxyl groups is 3. The zero-order chi connectivity index (χ0) is 42.4. The molecule has 1 saturated heterocycles. The summed E-state index contributed by atoms with van der Waals surface area (Å²) in [4.78, 5) is 12.6. The van der Waals surface area contributed by atoms with Crippen molar-refractivity contribution in [2.24, 2.45) is 46.3 Å². The number of rotatable bonds is 26. The van der Waals surface area contributed by atoms with Crippen LogP contribution in [-0.4, -0.2) is 64.7 Å². The van der Waals surface area contributed by atoms with Crippen LogP contribution >= 0.6 is 0 Å². The standard InChI is InChI=1S/C52H92O7/c1-7-8-9-10-11-12-13-14-15-16-17-18-19-20-21-22-26-46(53)57-36-45-47(54)48(55)49(56)50(59-45)58-40-31-33-51(5)39(35-40)27-28-41-43-30-29-42(38(4)25-23-24-37(2)3)52(43,6)34-32-44(41)51/h27,37-38,40-45,47-50,54-56H,7-26,28-36H2,1-6H3. The summed E-state index contributed by atoms with van der Waals surface area (Å²) in [5, 5.41) is 32.5. The van der Waals surface area contributed by atoms with E-state index >= 15 is 0 Å². The first-order valence-corrected chi connectivity index (χ1v) is 25.6. The van der Waals surface area contributed by atoms with Gasteiger partial charge in [-0.3, -0.25) is 4.79 Å². The van der Waals surface area contributed by atoms with E-state index in [0.29, 0.717) is 17.8 Å². The molecule has 4 fully saturated rings. The number of esters is 1. The van der Waals surface area contributed by atoms with Gasteiger partial charge in [0.2, 0.25) is 0 Å². The van der Waals surface area contributed by atoms with Gasteiger partial charge in [0.1, 0.15) is 31.0 Å². The Balaban J connectivity index is 0.988. The SMILES string of the molecule is CCCCCCCCCCCCCCCCCCC(=O)OCC1OC(OC2CCC3(C)C(=CCC4C3CCC3(C)C(C(C)CCCC(C)C)CCC43)C2)C(O)C(O)C1O. The van der Waals surface area contributed by atoms with Crippen LogP contribution in [0.3, 0.4) is 0 Å². The van der Waals surface area contributed by atoms with Gasteiger partial charge < -0.3 is 29.5 Å². The zero-order valence-corrected chi connectivity index (χ0v) is 39.0. The molecule has 4 aliphatic carbocycles. The molecule has 7 heteroatoms. The molecule has 59 heavy (non-hydrogen) atoms. The average Bonchev–Trinajstić information content (AvgIpc) is 3.57. The van der Waals surface area contributed by atoms with Crippen LogP contribution < -0.4 is 0 Å². The van der Waals surface area contributed by atoms with E-state index < -0.39 is 30.7 Å². The molecular weight excluding hydrogens is 737 g/mol. The van der Waals surface area contributed by atoms with Crippen molar-refractivity contribution in [3.8, 4) is 0 Å². The summed E-state index contributed by atoms with van der Waals surface area (Å²) in [5.74, 6) is 4.45. The Labute approximate surface area is 362 Å². The lowest BCUT2D eigenvalue weighted by Crippen LogP contribution is -2.60. The normalized spacial score (nSPS) is 36.1. The van der Waals surface area contributed by atoms with Crippen LogP contribution in [0.4, 0.5) is 0 Å². The molecule has 0 aromatic rings. The van der Waals surface area contributed by atoms with Crippen molar-refractivity contribution in [2.45, 2.75) is 258 Å². The number of unbranched alkanes of at least 4 members (excludes halogenated alkanes) is 15. The minimum atomic E-state index is -1.44. The number of hydrogen-bond acceptors (Lipinski definition) is 7. The summed E-state index contributed by atoms with van der Waals surface area (Å²) in [6.07, 6.45) is 30.5. The van der Waals surface area contributed by atoms with E-state index in [1.54, 1.807) is 0 Å².